The van der Waals surface area contributed by atoms with Crippen molar-refractivity contribution in [3.8, 4) is 0 Å². The standard InChI is InChI=1S/C12H12O4S/c13-11(14)12(8-4-5-9-12)17(15,16)10-6-2-1-3-7-10/h1-7H,8-9H2,(H,13,14). The molecule has 0 saturated carbocycles. The first-order valence-electron chi connectivity index (χ1n) is 5.19. The van der Waals surface area contributed by atoms with Gasteiger partial charge in [-0.05, 0) is 25.0 Å². The SMILES string of the molecule is O=C(O)C1(S(=O)(=O)c2ccccc2)CC=CC1. The Bertz CT molecular complexity index is 549. The minimum absolute atomic E-state index is 0.0273. The summed E-state index contributed by atoms with van der Waals surface area (Å²) in [6, 6.07) is 7.73. The van der Waals surface area contributed by atoms with Crippen molar-refractivity contribution in [2.24, 2.45) is 0 Å². The Morgan fingerprint density at radius 1 is 1.12 bits per heavy atom. The van der Waals surface area contributed by atoms with Crippen LogP contribution in [0.5, 0.6) is 0 Å². The first-order valence-corrected chi connectivity index (χ1v) is 6.67. The first-order chi connectivity index (χ1) is 8.01. The van der Waals surface area contributed by atoms with Gasteiger partial charge in [0, 0.05) is 0 Å². The number of rotatable bonds is 3. The molecule has 0 aromatic heterocycles. The largest absolute Gasteiger partial charge is 0.480 e. The van der Waals surface area contributed by atoms with Crippen molar-refractivity contribution in [1.29, 1.82) is 0 Å². The summed E-state index contributed by atoms with van der Waals surface area (Å²) in [5.74, 6) is -1.29. The van der Waals surface area contributed by atoms with E-state index in [-0.39, 0.29) is 17.7 Å². The molecule has 1 N–H and O–H groups in total. The van der Waals surface area contributed by atoms with E-state index in [4.69, 9.17) is 0 Å². The van der Waals surface area contributed by atoms with E-state index < -0.39 is 20.6 Å². The second-order valence-electron chi connectivity index (χ2n) is 4.00. The molecular weight excluding hydrogens is 240 g/mol. The average Bonchev–Trinajstić information content (AvgIpc) is 2.81. The van der Waals surface area contributed by atoms with Gasteiger partial charge < -0.3 is 5.11 Å². The Morgan fingerprint density at radius 3 is 2.12 bits per heavy atom. The van der Waals surface area contributed by atoms with E-state index in [2.05, 4.69) is 0 Å². The Balaban J connectivity index is 2.55. The number of allylic oxidation sites excluding steroid dienone is 2. The van der Waals surface area contributed by atoms with Gasteiger partial charge in [-0.2, -0.15) is 0 Å². The molecule has 1 aromatic rings. The van der Waals surface area contributed by atoms with Crippen LogP contribution in [0, 0.1) is 0 Å². The molecule has 0 amide bonds. The summed E-state index contributed by atoms with van der Waals surface area (Å²) >= 11 is 0. The van der Waals surface area contributed by atoms with E-state index in [1.165, 1.54) is 12.1 Å². The predicted molar refractivity (Wildman–Crippen MR) is 62.4 cm³/mol. The van der Waals surface area contributed by atoms with Crippen molar-refractivity contribution in [1.82, 2.24) is 0 Å². The number of carboxylic acid groups (broad SMARTS) is 1. The van der Waals surface area contributed by atoms with Crippen molar-refractivity contribution < 1.29 is 18.3 Å². The van der Waals surface area contributed by atoms with Crippen molar-refractivity contribution in [3.63, 3.8) is 0 Å². The lowest BCUT2D eigenvalue weighted by molar-refractivity contribution is -0.139. The molecule has 0 fully saturated rings. The molecule has 0 saturated heterocycles. The molecule has 17 heavy (non-hydrogen) atoms. The summed E-state index contributed by atoms with van der Waals surface area (Å²) in [6.45, 7) is 0. The lowest BCUT2D eigenvalue weighted by Crippen LogP contribution is -2.44. The topological polar surface area (TPSA) is 71.4 Å². The van der Waals surface area contributed by atoms with Crippen LogP contribution in [0.25, 0.3) is 0 Å². The maximum atomic E-state index is 12.4. The minimum Gasteiger partial charge on any atom is -0.480 e. The molecule has 1 aliphatic carbocycles. The number of carbonyl (C=O) groups is 1. The van der Waals surface area contributed by atoms with Crippen LogP contribution in [0.3, 0.4) is 0 Å². The van der Waals surface area contributed by atoms with E-state index >= 15 is 0 Å². The van der Waals surface area contributed by atoms with E-state index in [9.17, 15) is 18.3 Å². The zero-order chi connectivity index (χ0) is 12.5. The minimum atomic E-state index is -3.86. The van der Waals surface area contributed by atoms with Gasteiger partial charge in [-0.1, -0.05) is 30.4 Å². The predicted octanol–water partition coefficient (Wildman–Crippen LogP) is 1.63. The highest BCUT2D eigenvalue weighted by molar-refractivity contribution is 7.93. The molecule has 0 unspecified atom stereocenters. The fourth-order valence-corrected chi connectivity index (χ4v) is 3.79. The zero-order valence-corrected chi connectivity index (χ0v) is 9.85. The van der Waals surface area contributed by atoms with Crippen LogP contribution in [0.2, 0.25) is 0 Å². The summed E-state index contributed by atoms with van der Waals surface area (Å²) in [4.78, 5) is 11.4. The lowest BCUT2D eigenvalue weighted by Gasteiger charge is -2.23. The van der Waals surface area contributed by atoms with Crippen LogP contribution in [0.15, 0.2) is 47.4 Å². The van der Waals surface area contributed by atoms with Crippen molar-refractivity contribution in [2.75, 3.05) is 0 Å². The third kappa shape index (κ3) is 1.67. The fraction of sp³-hybridized carbons (Fsp3) is 0.250. The summed E-state index contributed by atoms with van der Waals surface area (Å²) < 4.78 is 23.0. The first kappa shape index (κ1) is 11.9. The van der Waals surface area contributed by atoms with Gasteiger partial charge >= 0.3 is 5.97 Å². The summed E-state index contributed by atoms with van der Waals surface area (Å²) in [6.07, 6.45) is 3.27. The highest BCUT2D eigenvalue weighted by Gasteiger charge is 2.51. The highest BCUT2D eigenvalue weighted by Crippen LogP contribution is 2.36. The van der Waals surface area contributed by atoms with Gasteiger partial charge in [0.05, 0.1) is 4.90 Å². The van der Waals surface area contributed by atoms with E-state index in [0.29, 0.717) is 0 Å². The molecule has 0 spiro atoms. The van der Waals surface area contributed by atoms with Gasteiger partial charge in [-0.3, -0.25) is 4.79 Å². The number of aliphatic carboxylic acids is 1. The van der Waals surface area contributed by atoms with Crippen LogP contribution in [-0.2, 0) is 14.6 Å². The average molecular weight is 252 g/mol. The Labute approximate surface area is 99.5 Å². The second-order valence-corrected chi connectivity index (χ2v) is 6.26. The molecule has 1 aliphatic rings. The third-order valence-electron chi connectivity index (χ3n) is 3.02. The van der Waals surface area contributed by atoms with Gasteiger partial charge in [0.2, 0.25) is 0 Å². The van der Waals surface area contributed by atoms with E-state index in [1.54, 1.807) is 30.4 Å². The zero-order valence-electron chi connectivity index (χ0n) is 9.04. The van der Waals surface area contributed by atoms with Gasteiger partial charge in [0.15, 0.2) is 14.6 Å². The van der Waals surface area contributed by atoms with E-state index in [0.717, 1.165) is 0 Å². The Hall–Kier alpha value is -1.62. The normalized spacial score (nSPS) is 18.1. The quantitative estimate of drug-likeness (QED) is 0.830. The number of hydrogen-bond donors (Lipinski definition) is 1. The second kappa shape index (κ2) is 4.00. The molecule has 90 valence electrons. The number of sulfone groups is 1. The molecule has 0 aliphatic heterocycles. The van der Waals surface area contributed by atoms with Gasteiger partial charge in [-0.25, -0.2) is 8.42 Å². The van der Waals surface area contributed by atoms with Crippen LogP contribution in [0.1, 0.15) is 12.8 Å². The van der Waals surface area contributed by atoms with Crippen molar-refractivity contribution in [3.05, 3.63) is 42.5 Å². The fourth-order valence-electron chi connectivity index (χ4n) is 1.96. The van der Waals surface area contributed by atoms with Gasteiger partial charge in [0.25, 0.3) is 0 Å². The number of carboxylic acids is 1. The van der Waals surface area contributed by atoms with Crippen LogP contribution in [0.4, 0.5) is 0 Å². The molecule has 4 nitrogen and oxygen atoms in total. The summed E-state index contributed by atoms with van der Waals surface area (Å²) in [5, 5.41) is 9.24. The molecule has 5 heteroatoms. The molecular formula is C12H12O4S. The van der Waals surface area contributed by atoms with Crippen LogP contribution < -0.4 is 0 Å². The molecule has 1 aromatic carbocycles. The number of hydrogen-bond acceptors (Lipinski definition) is 3. The lowest BCUT2D eigenvalue weighted by atomic mass is 10.1. The maximum Gasteiger partial charge on any atom is 0.326 e. The molecule has 2 rings (SSSR count). The van der Waals surface area contributed by atoms with Crippen LogP contribution >= 0.6 is 0 Å². The van der Waals surface area contributed by atoms with Crippen molar-refractivity contribution >= 4 is 15.8 Å². The Morgan fingerprint density at radius 2 is 1.65 bits per heavy atom. The molecule has 0 atom stereocenters. The third-order valence-corrected chi connectivity index (χ3v) is 5.45. The number of benzene rings is 1. The van der Waals surface area contributed by atoms with Gasteiger partial charge in [-0.15, -0.1) is 0 Å². The maximum absolute atomic E-state index is 12.4. The smallest absolute Gasteiger partial charge is 0.326 e. The summed E-state index contributed by atoms with van der Waals surface area (Å²) in [5.41, 5.74) is 0. The summed E-state index contributed by atoms with van der Waals surface area (Å²) in [7, 11) is -3.86. The molecule has 0 radical (unpaired) electrons. The molecule has 0 heterocycles. The van der Waals surface area contributed by atoms with Crippen molar-refractivity contribution in [2.45, 2.75) is 22.5 Å². The molecule has 0 bridgehead atoms. The highest BCUT2D eigenvalue weighted by atomic mass is 32.2. The monoisotopic (exact) mass is 252 g/mol. The van der Waals surface area contributed by atoms with E-state index in [1.807, 2.05) is 0 Å². The van der Waals surface area contributed by atoms with Crippen LogP contribution in [-0.4, -0.2) is 24.2 Å². The Kier molecular flexibility index (Phi) is 2.79. The van der Waals surface area contributed by atoms with Gasteiger partial charge in [0.1, 0.15) is 0 Å².